The molecule has 24 heavy (non-hydrogen) atoms. The first kappa shape index (κ1) is 14.7. The average Bonchev–Trinajstić information content (AvgIpc) is 3.40. The number of carboxylic acids is 1. The molecule has 0 spiro atoms. The number of carboxylic acid groups (broad SMARTS) is 1. The van der Waals surface area contributed by atoms with Crippen LogP contribution in [-0.4, -0.2) is 11.1 Å². The van der Waals surface area contributed by atoms with Gasteiger partial charge in [0.15, 0.2) is 0 Å². The highest BCUT2D eigenvalue weighted by Gasteiger charge is 2.56. The van der Waals surface area contributed by atoms with Crippen molar-refractivity contribution in [3.63, 3.8) is 0 Å². The second kappa shape index (κ2) is 5.64. The Morgan fingerprint density at radius 3 is 1.75 bits per heavy atom. The van der Waals surface area contributed by atoms with Gasteiger partial charge in [0, 0.05) is 5.41 Å². The molecule has 1 unspecified atom stereocenters. The fourth-order valence-electron chi connectivity index (χ4n) is 3.80. The highest BCUT2D eigenvalue weighted by Crippen LogP contribution is 2.64. The van der Waals surface area contributed by atoms with Crippen molar-refractivity contribution in [2.45, 2.75) is 17.8 Å². The standard InChI is InChI=1S/C22H18O2/c23-21(24)17-13-11-16(12-14-17)20-15-22(20,18-7-3-1-4-8-18)19-9-5-2-6-10-19/h1-14,20H,15H2,(H,23,24). The predicted octanol–water partition coefficient (Wildman–Crippen LogP) is 4.86. The summed E-state index contributed by atoms with van der Waals surface area (Å²) in [6.07, 6.45) is 1.05. The Morgan fingerprint density at radius 2 is 1.29 bits per heavy atom. The van der Waals surface area contributed by atoms with Crippen molar-refractivity contribution in [2.75, 3.05) is 0 Å². The van der Waals surface area contributed by atoms with Crippen LogP contribution in [0.4, 0.5) is 0 Å². The Balaban J connectivity index is 1.76. The van der Waals surface area contributed by atoms with E-state index < -0.39 is 5.97 Å². The first-order chi connectivity index (χ1) is 11.7. The molecule has 0 saturated heterocycles. The first-order valence-electron chi connectivity index (χ1n) is 8.16. The molecule has 0 heterocycles. The summed E-state index contributed by atoms with van der Waals surface area (Å²) in [4.78, 5) is 11.1. The summed E-state index contributed by atoms with van der Waals surface area (Å²) in [5, 5.41) is 9.09. The molecule has 3 aromatic rings. The number of rotatable bonds is 4. The summed E-state index contributed by atoms with van der Waals surface area (Å²) in [6, 6.07) is 28.5. The van der Waals surface area contributed by atoms with Gasteiger partial charge >= 0.3 is 5.97 Å². The lowest BCUT2D eigenvalue weighted by atomic mass is 9.84. The van der Waals surface area contributed by atoms with Gasteiger partial charge in [0.05, 0.1) is 5.56 Å². The Morgan fingerprint density at radius 1 is 0.792 bits per heavy atom. The maximum absolute atomic E-state index is 11.1. The number of hydrogen-bond donors (Lipinski definition) is 1. The third-order valence-corrected chi connectivity index (χ3v) is 5.10. The van der Waals surface area contributed by atoms with Crippen LogP contribution in [0.2, 0.25) is 0 Å². The zero-order valence-electron chi connectivity index (χ0n) is 13.2. The summed E-state index contributed by atoms with van der Waals surface area (Å²) >= 11 is 0. The molecule has 0 aliphatic heterocycles. The number of benzene rings is 3. The minimum atomic E-state index is -0.880. The van der Waals surface area contributed by atoms with Gasteiger partial charge in [-0.15, -0.1) is 0 Å². The predicted molar refractivity (Wildman–Crippen MR) is 94.4 cm³/mol. The molecule has 1 N–H and O–H groups in total. The van der Waals surface area contributed by atoms with E-state index in [0.29, 0.717) is 11.5 Å². The summed E-state index contributed by atoms with van der Waals surface area (Å²) in [7, 11) is 0. The minimum Gasteiger partial charge on any atom is -0.478 e. The maximum Gasteiger partial charge on any atom is 0.335 e. The zero-order valence-corrected chi connectivity index (χ0v) is 13.2. The van der Waals surface area contributed by atoms with Crippen LogP contribution in [0.5, 0.6) is 0 Å². The van der Waals surface area contributed by atoms with Gasteiger partial charge in [0.25, 0.3) is 0 Å². The van der Waals surface area contributed by atoms with Gasteiger partial charge in [0.2, 0.25) is 0 Å². The number of aromatic carboxylic acids is 1. The van der Waals surface area contributed by atoms with Gasteiger partial charge in [-0.25, -0.2) is 4.79 Å². The van der Waals surface area contributed by atoms with Gasteiger partial charge in [-0.05, 0) is 41.2 Å². The van der Waals surface area contributed by atoms with Crippen LogP contribution >= 0.6 is 0 Å². The highest BCUT2D eigenvalue weighted by atomic mass is 16.4. The molecule has 0 radical (unpaired) electrons. The Bertz CT molecular complexity index is 812. The lowest BCUT2D eigenvalue weighted by Gasteiger charge is -2.19. The van der Waals surface area contributed by atoms with Crippen molar-refractivity contribution >= 4 is 5.97 Å². The van der Waals surface area contributed by atoms with Crippen LogP contribution in [0, 0.1) is 0 Å². The lowest BCUT2D eigenvalue weighted by Crippen LogP contribution is -2.11. The molecule has 0 bridgehead atoms. The molecule has 3 aromatic carbocycles. The third kappa shape index (κ3) is 2.31. The monoisotopic (exact) mass is 314 g/mol. The van der Waals surface area contributed by atoms with Crippen LogP contribution in [0.3, 0.4) is 0 Å². The van der Waals surface area contributed by atoms with Crippen LogP contribution in [0.25, 0.3) is 0 Å². The molecule has 1 atom stereocenters. The van der Waals surface area contributed by atoms with E-state index in [0.717, 1.165) is 6.42 Å². The van der Waals surface area contributed by atoms with Gasteiger partial charge in [-0.3, -0.25) is 0 Å². The average molecular weight is 314 g/mol. The van der Waals surface area contributed by atoms with E-state index in [4.69, 9.17) is 5.11 Å². The summed E-state index contributed by atoms with van der Waals surface area (Å²) < 4.78 is 0. The first-order valence-corrected chi connectivity index (χ1v) is 8.16. The smallest absolute Gasteiger partial charge is 0.335 e. The number of hydrogen-bond acceptors (Lipinski definition) is 1. The van der Waals surface area contributed by atoms with Gasteiger partial charge < -0.3 is 5.11 Å². The van der Waals surface area contributed by atoms with E-state index in [2.05, 4.69) is 48.5 Å². The Kier molecular flexibility index (Phi) is 3.46. The van der Waals surface area contributed by atoms with Crippen LogP contribution in [0.15, 0.2) is 84.9 Å². The third-order valence-electron chi connectivity index (χ3n) is 5.10. The quantitative estimate of drug-likeness (QED) is 0.747. The molecule has 0 amide bonds. The largest absolute Gasteiger partial charge is 0.478 e. The highest BCUT2D eigenvalue weighted by molar-refractivity contribution is 5.87. The zero-order chi connectivity index (χ0) is 16.6. The normalized spacial score (nSPS) is 18.1. The van der Waals surface area contributed by atoms with Crippen molar-refractivity contribution in [3.8, 4) is 0 Å². The SMILES string of the molecule is O=C(O)c1ccc(C2CC2(c2ccccc2)c2ccccc2)cc1. The van der Waals surface area contributed by atoms with E-state index in [-0.39, 0.29) is 5.41 Å². The van der Waals surface area contributed by atoms with Crippen LogP contribution in [0.1, 0.15) is 39.4 Å². The van der Waals surface area contributed by atoms with Crippen molar-refractivity contribution in [1.29, 1.82) is 0 Å². The summed E-state index contributed by atoms with van der Waals surface area (Å²) in [5.41, 5.74) is 4.18. The molecule has 2 nitrogen and oxygen atoms in total. The molecule has 1 saturated carbocycles. The van der Waals surface area contributed by atoms with E-state index >= 15 is 0 Å². The second-order valence-corrected chi connectivity index (χ2v) is 6.39. The molecular weight excluding hydrogens is 296 g/mol. The summed E-state index contributed by atoms with van der Waals surface area (Å²) in [6.45, 7) is 0. The second-order valence-electron chi connectivity index (χ2n) is 6.39. The van der Waals surface area contributed by atoms with E-state index in [1.807, 2.05) is 24.3 Å². The van der Waals surface area contributed by atoms with Crippen LogP contribution < -0.4 is 0 Å². The Labute approximate surface area is 141 Å². The molecule has 1 fully saturated rings. The fourth-order valence-corrected chi connectivity index (χ4v) is 3.80. The van der Waals surface area contributed by atoms with Gasteiger partial charge in [-0.1, -0.05) is 72.8 Å². The van der Waals surface area contributed by atoms with E-state index in [1.54, 1.807) is 12.1 Å². The van der Waals surface area contributed by atoms with Crippen molar-refractivity contribution in [1.82, 2.24) is 0 Å². The van der Waals surface area contributed by atoms with Gasteiger partial charge in [0.1, 0.15) is 0 Å². The maximum atomic E-state index is 11.1. The van der Waals surface area contributed by atoms with Crippen molar-refractivity contribution in [3.05, 3.63) is 107 Å². The molecule has 4 rings (SSSR count). The molecule has 1 aliphatic rings. The van der Waals surface area contributed by atoms with Crippen molar-refractivity contribution in [2.24, 2.45) is 0 Å². The topological polar surface area (TPSA) is 37.3 Å². The molecule has 2 heteroatoms. The summed E-state index contributed by atoms with van der Waals surface area (Å²) in [5.74, 6) is -0.500. The fraction of sp³-hybridized carbons (Fsp3) is 0.136. The van der Waals surface area contributed by atoms with Crippen molar-refractivity contribution < 1.29 is 9.90 Å². The minimum absolute atomic E-state index is 0.00669. The van der Waals surface area contributed by atoms with Gasteiger partial charge in [-0.2, -0.15) is 0 Å². The molecule has 1 aliphatic carbocycles. The van der Waals surface area contributed by atoms with Crippen LogP contribution in [-0.2, 0) is 5.41 Å². The molecule has 118 valence electrons. The Hall–Kier alpha value is -2.87. The van der Waals surface area contributed by atoms with E-state index in [9.17, 15) is 4.79 Å². The molecule has 0 aromatic heterocycles. The number of carbonyl (C=O) groups is 1. The van der Waals surface area contributed by atoms with E-state index in [1.165, 1.54) is 16.7 Å². The lowest BCUT2D eigenvalue weighted by molar-refractivity contribution is 0.0697. The molecular formula is C22H18O2.